The molecule has 0 unspecified atom stereocenters. The molecule has 32 heavy (non-hydrogen) atoms. The van der Waals surface area contributed by atoms with Gasteiger partial charge in [0, 0.05) is 27.5 Å². The molecule has 0 bridgehead atoms. The van der Waals surface area contributed by atoms with Gasteiger partial charge in [-0.2, -0.15) is 0 Å². The van der Waals surface area contributed by atoms with E-state index < -0.39 is 0 Å². The molecule has 3 aromatic carbocycles. The zero-order valence-corrected chi connectivity index (χ0v) is 19.1. The Labute approximate surface area is 196 Å². The highest BCUT2D eigenvalue weighted by Gasteiger charge is 2.33. The standard InChI is InChI=1S/C26H22ClN3OS/c1-32-22-8-4-7-21(16-22)28-26(31)30-17-19-6-2-3-9-23(19)29-15-5-10-24(29)25(30)18-11-13-20(27)14-12-18/h2-16,25H,17H2,1H3,(H,28,31)/t25-/m1/s1. The van der Waals surface area contributed by atoms with E-state index in [0.717, 1.165) is 33.1 Å². The van der Waals surface area contributed by atoms with Gasteiger partial charge in [0.25, 0.3) is 0 Å². The fourth-order valence-electron chi connectivity index (χ4n) is 4.23. The quantitative estimate of drug-likeness (QED) is 0.335. The Morgan fingerprint density at radius 3 is 2.62 bits per heavy atom. The zero-order valence-electron chi connectivity index (χ0n) is 17.5. The first-order chi connectivity index (χ1) is 15.6. The molecule has 5 rings (SSSR count). The number of thioether (sulfide) groups is 1. The van der Waals surface area contributed by atoms with Crippen LogP contribution in [0.25, 0.3) is 5.69 Å². The molecule has 0 aliphatic carbocycles. The normalized spacial score (nSPS) is 14.9. The van der Waals surface area contributed by atoms with Gasteiger partial charge in [0.1, 0.15) is 0 Å². The van der Waals surface area contributed by atoms with Crippen LogP contribution in [0.4, 0.5) is 10.5 Å². The van der Waals surface area contributed by atoms with Gasteiger partial charge in [-0.1, -0.05) is 48.0 Å². The monoisotopic (exact) mass is 459 g/mol. The number of benzene rings is 3. The molecule has 0 saturated carbocycles. The lowest BCUT2D eigenvalue weighted by atomic mass is 10.0. The summed E-state index contributed by atoms with van der Waals surface area (Å²) in [5.74, 6) is 0. The van der Waals surface area contributed by atoms with Crippen LogP contribution in [0.1, 0.15) is 22.9 Å². The third-order valence-corrected chi connectivity index (χ3v) is 6.71. The summed E-state index contributed by atoms with van der Waals surface area (Å²) >= 11 is 7.82. The van der Waals surface area contributed by atoms with Gasteiger partial charge in [-0.15, -0.1) is 11.8 Å². The number of amides is 2. The maximum atomic E-state index is 13.7. The lowest BCUT2D eigenvalue weighted by Gasteiger charge is -2.31. The number of anilines is 1. The first-order valence-corrected chi connectivity index (χ1v) is 12.0. The highest BCUT2D eigenvalue weighted by Crippen LogP contribution is 2.37. The number of carbonyl (C=O) groups excluding carboxylic acids is 1. The van der Waals surface area contributed by atoms with Crippen LogP contribution < -0.4 is 5.32 Å². The molecule has 0 radical (unpaired) electrons. The van der Waals surface area contributed by atoms with Crippen molar-refractivity contribution in [1.82, 2.24) is 9.47 Å². The van der Waals surface area contributed by atoms with Crippen molar-refractivity contribution in [2.75, 3.05) is 11.6 Å². The van der Waals surface area contributed by atoms with E-state index in [-0.39, 0.29) is 12.1 Å². The number of hydrogen-bond donors (Lipinski definition) is 1. The Morgan fingerprint density at radius 1 is 1.00 bits per heavy atom. The van der Waals surface area contributed by atoms with Gasteiger partial charge in [-0.3, -0.25) is 0 Å². The van der Waals surface area contributed by atoms with Crippen LogP contribution in [-0.4, -0.2) is 21.8 Å². The Hall–Kier alpha value is -3.15. The Morgan fingerprint density at radius 2 is 1.81 bits per heavy atom. The van der Waals surface area contributed by atoms with Crippen molar-refractivity contribution >= 4 is 35.1 Å². The largest absolute Gasteiger partial charge is 0.322 e. The van der Waals surface area contributed by atoms with Crippen molar-refractivity contribution < 1.29 is 4.79 Å². The van der Waals surface area contributed by atoms with Gasteiger partial charge < -0.3 is 14.8 Å². The summed E-state index contributed by atoms with van der Waals surface area (Å²) in [5.41, 5.74) is 5.01. The van der Waals surface area contributed by atoms with Crippen LogP contribution in [0.5, 0.6) is 0 Å². The topological polar surface area (TPSA) is 37.3 Å². The lowest BCUT2D eigenvalue weighted by Crippen LogP contribution is -2.37. The lowest BCUT2D eigenvalue weighted by molar-refractivity contribution is 0.194. The van der Waals surface area contributed by atoms with E-state index in [1.54, 1.807) is 11.8 Å². The molecule has 6 heteroatoms. The molecule has 1 aliphatic heterocycles. The Balaban J connectivity index is 1.61. The third-order valence-electron chi connectivity index (χ3n) is 5.73. The molecule has 0 fully saturated rings. The van der Waals surface area contributed by atoms with Crippen molar-refractivity contribution in [3.8, 4) is 5.69 Å². The molecule has 1 N–H and O–H groups in total. The van der Waals surface area contributed by atoms with Crippen LogP contribution in [-0.2, 0) is 6.54 Å². The summed E-state index contributed by atoms with van der Waals surface area (Å²) < 4.78 is 2.18. The minimum atomic E-state index is -0.265. The van der Waals surface area contributed by atoms with Crippen LogP contribution >= 0.6 is 23.4 Å². The number of nitrogens with zero attached hydrogens (tertiary/aromatic N) is 2. The highest BCUT2D eigenvalue weighted by atomic mass is 35.5. The number of aromatic nitrogens is 1. The molecule has 2 amide bonds. The smallest absolute Gasteiger partial charge is 0.318 e. The number of rotatable bonds is 3. The predicted octanol–water partition coefficient (Wildman–Crippen LogP) is 6.99. The molecule has 0 saturated heterocycles. The summed E-state index contributed by atoms with van der Waals surface area (Å²) in [7, 11) is 0. The van der Waals surface area contributed by atoms with Crippen molar-refractivity contribution in [2.24, 2.45) is 0 Å². The van der Waals surface area contributed by atoms with Gasteiger partial charge in [0.05, 0.1) is 18.3 Å². The SMILES string of the molecule is CSc1cccc(NC(=O)N2Cc3ccccc3-n3cccc3[C@H]2c2ccc(Cl)cc2)c1. The molecular weight excluding hydrogens is 438 g/mol. The van der Waals surface area contributed by atoms with Gasteiger partial charge >= 0.3 is 6.03 Å². The number of carbonyl (C=O) groups is 1. The maximum absolute atomic E-state index is 13.7. The molecule has 1 aromatic heterocycles. The fourth-order valence-corrected chi connectivity index (χ4v) is 4.82. The van der Waals surface area contributed by atoms with Crippen molar-refractivity contribution in [3.05, 3.63) is 113 Å². The first-order valence-electron chi connectivity index (χ1n) is 10.4. The average Bonchev–Trinajstić information content (AvgIpc) is 3.24. The van der Waals surface area contributed by atoms with Crippen LogP contribution in [0.15, 0.2) is 96.0 Å². The number of halogens is 1. The predicted molar refractivity (Wildman–Crippen MR) is 132 cm³/mol. The van der Waals surface area contributed by atoms with Crippen LogP contribution in [0, 0.1) is 0 Å². The fraction of sp³-hybridized carbons (Fsp3) is 0.115. The van der Waals surface area contributed by atoms with Crippen molar-refractivity contribution in [1.29, 1.82) is 0 Å². The maximum Gasteiger partial charge on any atom is 0.322 e. The number of nitrogens with one attached hydrogen (secondary N) is 1. The van der Waals surface area contributed by atoms with E-state index in [4.69, 9.17) is 11.6 Å². The molecule has 160 valence electrons. The van der Waals surface area contributed by atoms with E-state index in [9.17, 15) is 4.79 Å². The van der Waals surface area contributed by atoms with E-state index in [1.807, 2.05) is 77.9 Å². The molecule has 1 aliphatic rings. The second kappa shape index (κ2) is 8.77. The first kappa shape index (κ1) is 20.7. The van der Waals surface area contributed by atoms with E-state index >= 15 is 0 Å². The van der Waals surface area contributed by atoms with Gasteiger partial charge in [-0.05, 0) is 65.9 Å². The summed E-state index contributed by atoms with van der Waals surface area (Å²) in [5, 5.41) is 3.79. The molecule has 2 heterocycles. The van der Waals surface area contributed by atoms with Gasteiger partial charge in [0.2, 0.25) is 0 Å². The summed E-state index contributed by atoms with van der Waals surface area (Å²) in [4.78, 5) is 16.7. The van der Waals surface area contributed by atoms with Crippen LogP contribution in [0.3, 0.4) is 0 Å². The minimum absolute atomic E-state index is 0.146. The van der Waals surface area contributed by atoms with E-state index in [2.05, 4.69) is 34.3 Å². The number of para-hydroxylation sites is 1. The molecular formula is C26H22ClN3OS. The Bertz CT molecular complexity index is 1270. The number of hydrogen-bond acceptors (Lipinski definition) is 2. The van der Waals surface area contributed by atoms with Crippen LogP contribution in [0.2, 0.25) is 5.02 Å². The Kier molecular flexibility index (Phi) is 5.68. The second-order valence-corrected chi connectivity index (χ2v) is 8.99. The molecule has 4 aromatic rings. The summed E-state index contributed by atoms with van der Waals surface area (Å²) in [6.45, 7) is 0.485. The molecule has 1 atom stereocenters. The average molecular weight is 460 g/mol. The van der Waals surface area contributed by atoms with E-state index in [1.165, 1.54) is 0 Å². The van der Waals surface area contributed by atoms with Gasteiger partial charge in [-0.25, -0.2) is 4.79 Å². The molecule has 0 spiro atoms. The zero-order chi connectivity index (χ0) is 22.1. The summed E-state index contributed by atoms with van der Waals surface area (Å²) in [6, 6.07) is 27.6. The van der Waals surface area contributed by atoms with Crippen molar-refractivity contribution in [3.63, 3.8) is 0 Å². The van der Waals surface area contributed by atoms with Crippen molar-refractivity contribution in [2.45, 2.75) is 17.5 Å². The molecule has 4 nitrogen and oxygen atoms in total. The third kappa shape index (κ3) is 3.90. The summed E-state index contributed by atoms with van der Waals surface area (Å²) in [6.07, 6.45) is 4.08. The minimum Gasteiger partial charge on any atom is -0.318 e. The second-order valence-electron chi connectivity index (χ2n) is 7.68. The van der Waals surface area contributed by atoms with Gasteiger partial charge in [0.15, 0.2) is 0 Å². The van der Waals surface area contributed by atoms with E-state index in [0.29, 0.717) is 11.6 Å². The highest BCUT2D eigenvalue weighted by molar-refractivity contribution is 7.98. The number of fused-ring (bicyclic) bond motifs is 3. The number of urea groups is 1.